The van der Waals surface area contributed by atoms with Crippen molar-refractivity contribution < 1.29 is 14.3 Å². The van der Waals surface area contributed by atoms with Crippen molar-refractivity contribution in [1.29, 1.82) is 0 Å². The van der Waals surface area contributed by atoms with Crippen LogP contribution in [-0.4, -0.2) is 18.7 Å². The van der Waals surface area contributed by atoms with Crippen LogP contribution in [-0.2, 0) is 9.53 Å². The van der Waals surface area contributed by atoms with E-state index < -0.39 is 0 Å². The lowest BCUT2D eigenvalue weighted by Crippen LogP contribution is -2.29. The second-order valence-corrected chi connectivity index (χ2v) is 10.1. The summed E-state index contributed by atoms with van der Waals surface area (Å²) in [6, 6.07) is 8.30. The molecule has 0 atom stereocenters. The monoisotopic (exact) mass is 442 g/mol. The summed E-state index contributed by atoms with van der Waals surface area (Å²) < 4.78 is 11.8. The molecule has 0 bridgehead atoms. The molecule has 0 amide bonds. The molecular formula is C29H46O3. The van der Waals surface area contributed by atoms with E-state index in [-0.39, 0.29) is 11.9 Å². The fraction of sp³-hybridized carbons (Fsp3) is 0.759. The molecule has 2 aliphatic rings. The molecule has 2 fully saturated rings. The van der Waals surface area contributed by atoms with Gasteiger partial charge in [0.05, 0.1) is 12.0 Å². The van der Waals surface area contributed by atoms with Crippen LogP contribution in [0.4, 0.5) is 0 Å². The van der Waals surface area contributed by atoms with Crippen molar-refractivity contribution in [3.8, 4) is 5.75 Å². The highest BCUT2D eigenvalue weighted by Crippen LogP contribution is 2.34. The SMILES string of the molecule is CCCCCCCCCCOC1CCC(C(=O)Oc2ccc(C3CCCCC3)cc2)CC1. The van der Waals surface area contributed by atoms with Crippen LogP contribution in [0.15, 0.2) is 24.3 Å². The third-order valence-corrected chi connectivity index (χ3v) is 7.53. The van der Waals surface area contributed by atoms with Crippen molar-refractivity contribution >= 4 is 5.97 Å². The summed E-state index contributed by atoms with van der Waals surface area (Å²) in [6.45, 7) is 3.14. The number of carbonyl (C=O) groups is 1. The number of unbranched alkanes of at least 4 members (excludes halogenated alkanes) is 7. The van der Waals surface area contributed by atoms with E-state index in [9.17, 15) is 4.79 Å². The molecular weight excluding hydrogens is 396 g/mol. The van der Waals surface area contributed by atoms with Gasteiger partial charge in [-0.2, -0.15) is 0 Å². The Kier molecular flexibility index (Phi) is 11.6. The van der Waals surface area contributed by atoms with E-state index in [1.165, 1.54) is 89.0 Å². The van der Waals surface area contributed by atoms with Crippen LogP contribution in [0.2, 0.25) is 0 Å². The quantitative estimate of drug-likeness (QED) is 0.175. The van der Waals surface area contributed by atoms with Gasteiger partial charge in [0, 0.05) is 6.61 Å². The van der Waals surface area contributed by atoms with Gasteiger partial charge in [-0.3, -0.25) is 4.79 Å². The zero-order valence-corrected chi connectivity index (χ0v) is 20.5. The number of rotatable bonds is 13. The van der Waals surface area contributed by atoms with Gasteiger partial charge in [0.25, 0.3) is 0 Å². The van der Waals surface area contributed by atoms with E-state index >= 15 is 0 Å². The normalized spacial score (nSPS) is 22.0. The van der Waals surface area contributed by atoms with Crippen LogP contribution < -0.4 is 4.74 Å². The first-order valence-electron chi connectivity index (χ1n) is 13.7. The molecule has 3 rings (SSSR count). The predicted molar refractivity (Wildman–Crippen MR) is 132 cm³/mol. The fourth-order valence-corrected chi connectivity index (χ4v) is 5.39. The van der Waals surface area contributed by atoms with Crippen molar-refractivity contribution in [1.82, 2.24) is 0 Å². The molecule has 180 valence electrons. The maximum absolute atomic E-state index is 12.6. The Morgan fingerprint density at radius 2 is 1.41 bits per heavy atom. The third kappa shape index (κ3) is 8.89. The summed E-state index contributed by atoms with van der Waals surface area (Å²) in [6.07, 6.45) is 21.4. The van der Waals surface area contributed by atoms with E-state index in [1.807, 2.05) is 12.1 Å². The van der Waals surface area contributed by atoms with Gasteiger partial charge in [0.15, 0.2) is 0 Å². The van der Waals surface area contributed by atoms with Gasteiger partial charge in [0.1, 0.15) is 5.75 Å². The summed E-state index contributed by atoms with van der Waals surface area (Å²) in [5.74, 6) is 1.35. The van der Waals surface area contributed by atoms with Gasteiger partial charge in [-0.15, -0.1) is 0 Å². The van der Waals surface area contributed by atoms with Crippen LogP contribution in [0.5, 0.6) is 5.75 Å². The first-order chi connectivity index (χ1) is 15.8. The van der Waals surface area contributed by atoms with Crippen molar-refractivity contribution in [3.05, 3.63) is 29.8 Å². The molecule has 0 aromatic heterocycles. The van der Waals surface area contributed by atoms with Gasteiger partial charge in [-0.1, -0.05) is 83.3 Å². The molecule has 0 aliphatic heterocycles. The highest BCUT2D eigenvalue weighted by atomic mass is 16.5. The molecule has 1 aromatic carbocycles. The summed E-state index contributed by atoms with van der Waals surface area (Å²) >= 11 is 0. The maximum Gasteiger partial charge on any atom is 0.314 e. The molecule has 0 unspecified atom stereocenters. The van der Waals surface area contributed by atoms with Gasteiger partial charge in [-0.25, -0.2) is 0 Å². The number of hydrogen-bond donors (Lipinski definition) is 0. The molecule has 32 heavy (non-hydrogen) atoms. The van der Waals surface area contributed by atoms with Crippen LogP contribution in [0.25, 0.3) is 0 Å². The Hall–Kier alpha value is -1.35. The van der Waals surface area contributed by atoms with Crippen LogP contribution in [0.1, 0.15) is 128 Å². The first-order valence-corrected chi connectivity index (χ1v) is 13.7. The summed E-state index contributed by atoms with van der Waals surface area (Å²) in [7, 11) is 0. The maximum atomic E-state index is 12.6. The van der Waals surface area contributed by atoms with Crippen LogP contribution in [0.3, 0.4) is 0 Å². The fourth-order valence-electron chi connectivity index (χ4n) is 5.39. The largest absolute Gasteiger partial charge is 0.426 e. The molecule has 0 radical (unpaired) electrons. The van der Waals surface area contributed by atoms with Crippen LogP contribution in [0, 0.1) is 5.92 Å². The van der Waals surface area contributed by atoms with E-state index in [0.717, 1.165) is 32.3 Å². The topological polar surface area (TPSA) is 35.5 Å². The Labute approximate surface area is 196 Å². The van der Waals surface area contributed by atoms with Crippen LogP contribution >= 0.6 is 0 Å². The number of benzene rings is 1. The highest BCUT2D eigenvalue weighted by Gasteiger charge is 2.28. The standard InChI is InChI=1S/C29H46O3/c1-2-3-4-5-6-7-8-12-23-31-27-19-17-26(18-20-27)29(30)32-28-21-15-25(16-22-28)24-13-10-9-11-14-24/h15-16,21-22,24,26-27H,2-14,17-20,23H2,1H3. The molecule has 0 N–H and O–H groups in total. The lowest BCUT2D eigenvalue weighted by molar-refractivity contribution is -0.141. The summed E-state index contributed by atoms with van der Waals surface area (Å²) in [4.78, 5) is 12.6. The van der Waals surface area contributed by atoms with Crippen molar-refractivity contribution in [2.75, 3.05) is 6.61 Å². The van der Waals surface area contributed by atoms with Gasteiger partial charge < -0.3 is 9.47 Å². The molecule has 3 heteroatoms. The molecule has 0 heterocycles. The Bertz CT molecular complexity index is 624. The van der Waals surface area contributed by atoms with Gasteiger partial charge >= 0.3 is 5.97 Å². The Morgan fingerprint density at radius 3 is 2.06 bits per heavy atom. The Balaban J connectivity index is 1.26. The average Bonchev–Trinajstić information content (AvgIpc) is 2.84. The minimum atomic E-state index is -0.0584. The lowest BCUT2D eigenvalue weighted by atomic mass is 9.84. The van der Waals surface area contributed by atoms with Crippen molar-refractivity contribution in [3.63, 3.8) is 0 Å². The minimum Gasteiger partial charge on any atom is -0.426 e. The lowest BCUT2D eigenvalue weighted by Gasteiger charge is -2.27. The highest BCUT2D eigenvalue weighted by molar-refractivity contribution is 5.75. The zero-order valence-electron chi connectivity index (χ0n) is 20.5. The number of hydrogen-bond acceptors (Lipinski definition) is 3. The first kappa shape index (κ1) is 25.3. The van der Waals surface area contributed by atoms with E-state index in [0.29, 0.717) is 17.8 Å². The zero-order chi connectivity index (χ0) is 22.4. The third-order valence-electron chi connectivity index (χ3n) is 7.53. The van der Waals surface area contributed by atoms with E-state index in [1.54, 1.807) is 0 Å². The summed E-state index contributed by atoms with van der Waals surface area (Å²) in [5, 5.41) is 0. The Morgan fingerprint density at radius 1 is 0.781 bits per heavy atom. The van der Waals surface area contributed by atoms with Crippen molar-refractivity contribution in [2.45, 2.75) is 128 Å². The molecule has 2 saturated carbocycles. The second kappa shape index (κ2) is 14.7. The number of carbonyl (C=O) groups excluding carboxylic acids is 1. The molecule has 3 nitrogen and oxygen atoms in total. The van der Waals surface area contributed by atoms with E-state index in [4.69, 9.17) is 9.47 Å². The number of esters is 1. The second-order valence-electron chi connectivity index (χ2n) is 10.1. The molecule has 2 aliphatic carbocycles. The van der Waals surface area contributed by atoms with Crippen molar-refractivity contribution in [2.24, 2.45) is 5.92 Å². The molecule has 1 aromatic rings. The minimum absolute atomic E-state index is 0.0241. The molecule has 0 saturated heterocycles. The van der Waals surface area contributed by atoms with E-state index in [2.05, 4.69) is 19.1 Å². The van der Waals surface area contributed by atoms with Gasteiger partial charge in [-0.05, 0) is 68.6 Å². The summed E-state index contributed by atoms with van der Waals surface area (Å²) in [5.41, 5.74) is 1.40. The predicted octanol–water partition coefficient (Wildman–Crippen LogP) is 8.36. The average molecular weight is 443 g/mol. The van der Waals surface area contributed by atoms with Gasteiger partial charge in [0.2, 0.25) is 0 Å². The number of ether oxygens (including phenoxy) is 2. The molecule has 0 spiro atoms. The smallest absolute Gasteiger partial charge is 0.314 e.